The minimum atomic E-state index is -0.141. The molecule has 3 heteroatoms. The molecule has 0 amide bonds. The number of hydrogen-bond donors (Lipinski definition) is 0. The fourth-order valence-corrected chi connectivity index (χ4v) is 8.22. The standard InChI is InChI=1S/C22H31NO2/c1-14-16-5-6-18-21(11-16,19(14)25-15(2)24)10-7-17-20(3)8-4-9-22(17,18)13-23-12-20/h13,16-19H,1,4-12H2,2-3H3/t16-,17-,18-,19-,20+,21-,22+/m1/s1. The van der Waals surface area contributed by atoms with Crippen molar-refractivity contribution in [1.82, 2.24) is 0 Å². The van der Waals surface area contributed by atoms with Crippen molar-refractivity contribution in [2.24, 2.45) is 39.0 Å². The minimum absolute atomic E-state index is 0.0543. The second-order valence-electron chi connectivity index (χ2n) is 10.0. The molecule has 1 heterocycles. The lowest BCUT2D eigenvalue weighted by Gasteiger charge is -2.65. The Kier molecular flexibility index (Phi) is 3.21. The Morgan fingerprint density at radius 3 is 2.88 bits per heavy atom. The van der Waals surface area contributed by atoms with Gasteiger partial charge in [0.1, 0.15) is 6.10 Å². The van der Waals surface area contributed by atoms with E-state index in [1.807, 2.05) is 0 Å². The highest BCUT2D eigenvalue weighted by molar-refractivity contribution is 5.70. The molecule has 0 saturated heterocycles. The zero-order valence-electron chi connectivity index (χ0n) is 15.7. The van der Waals surface area contributed by atoms with E-state index in [-0.39, 0.29) is 22.9 Å². The molecule has 4 saturated carbocycles. The molecule has 3 nitrogen and oxygen atoms in total. The molecule has 5 aliphatic rings. The first-order valence-corrected chi connectivity index (χ1v) is 10.3. The van der Waals surface area contributed by atoms with Gasteiger partial charge in [0.15, 0.2) is 0 Å². The molecular weight excluding hydrogens is 310 g/mol. The summed E-state index contributed by atoms with van der Waals surface area (Å²) in [7, 11) is 0. The number of carbonyl (C=O) groups is 1. The zero-order chi connectivity index (χ0) is 17.4. The van der Waals surface area contributed by atoms with Crippen LogP contribution in [0.5, 0.6) is 0 Å². The number of aliphatic imine (C=N–C) groups is 1. The number of esters is 1. The van der Waals surface area contributed by atoms with E-state index in [0.29, 0.717) is 17.3 Å². The molecule has 0 radical (unpaired) electrons. The fourth-order valence-electron chi connectivity index (χ4n) is 8.22. The van der Waals surface area contributed by atoms with E-state index in [9.17, 15) is 4.79 Å². The Morgan fingerprint density at radius 2 is 2.08 bits per heavy atom. The van der Waals surface area contributed by atoms with Gasteiger partial charge in [-0.2, -0.15) is 0 Å². The maximum atomic E-state index is 11.9. The molecule has 4 aliphatic carbocycles. The van der Waals surface area contributed by atoms with Crippen molar-refractivity contribution in [2.45, 2.75) is 71.3 Å². The summed E-state index contributed by atoms with van der Waals surface area (Å²) in [6.07, 6.45) is 12.4. The largest absolute Gasteiger partial charge is 0.457 e. The Labute approximate surface area is 151 Å². The van der Waals surface area contributed by atoms with E-state index in [1.54, 1.807) is 6.92 Å². The van der Waals surface area contributed by atoms with E-state index < -0.39 is 0 Å². The molecule has 1 spiro atoms. The van der Waals surface area contributed by atoms with E-state index in [1.165, 1.54) is 56.9 Å². The number of fused-ring (bicyclic) bond motifs is 1. The minimum Gasteiger partial charge on any atom is -0.457 e. The summed E-state index contributed by atoms with van der Waals surface area (Å²) in [5.41, 5.74) is 1.97. The van der Waals surface area contributed by atoms with Crippen molar-refractivity contribution in [2.75, 3.05) is 6.54 Å². The summed E-state index contributed by atoms with van der Waals surface area (Å²) in [6.45, 7) is 9.47. The van der Waals surface area contributed by atoms with Gasteiger partial charge in [-0.25, -0.2) is 0 Å². The highest BCUT2D eigenvalue weighted by Gasteiger charge is 2.69. The third-order valence-corrected chi connectivity index (χ3v) is 8.97. The molecule has 0 aromatic rings. The average molecular weight is 341 g/mol. The van der Waals surface area contributed by atoms with Gasteiger partial charge < -0.3 is 4.74 Å². The number of hydrogen-bond acceptors (Lipinski definition) is 3. The third kappa shape index (κ3) is 1.88. The van der Waals surface area contributed by atoms with Gasteiger partial charge in [-0.3, -0.25) is 9.79 Å². The van der Waals surface area contributed by atoms with Crippen LogP contribution in [-0.4, -0.2) is 24.8 Å². The lowest BCUT2D eigenvalue weighted by Crippen LogP contribution is -2.62. The molecule has 5 rings (SSSR count). The van der Waals surface area contributed by atoms with E-state index in [4.69, 9.17) is 9.73 Å². The van der Waals surface area contributed by atoms with Crippen molar-refractivity contribution in [1.29, 1.82) is 0 Å². The SMILES string of the molecule is C=C1[C@@H]2CC[C@H]3[C@]45C=NC[C@](C)(CCC4)[C@H]5CC[C@]3(C2)[C@@H]1OC(C)=O. The topological polar surface area (TPSA) is 38.7 Å². The van der Waals surface area contributed by atoms with Crippen LogP contribution in [0.25, 0.3) is 0 Å². The van der Waals surface area contributed by atoms with Crippen molar-refractivity contribution < 1.29 is 9.53 Å². The highest BCUT2D eigenvalue weighted by Crippen LogP contribution is 2.72. The summed E-state index contributed by atoms with van der Waals surface area (Å²) in [5, 5.41) is 0. The third-order valence-electron chi connectivity index (χ3n) is 8.97. The van der Waals surface area contributed by atoms with E-state index in [2.05, 4.69) is 19.7 Å². The predicted molar refractivity (Wildman–Crippen MR) is 98.4 cm³/mol. The molecule has 0 N–H and O–H groups in total. The summed E-state index contributed by atoms with van der Waals surface area (Å²) in [6, 6.07) is 0. The maximum absolute atomic E-state index is 11.9. The first-order valence-electron chi connectivity index (χ1n) is 10.3. The van der Waals surface area contributed by atoms with Crippen LogP contribution in [0, 0.1) is 34.0 Å². The fraction of sp³-hybridized carbons (Fsp3) is 0.818. The molecule has 0 aromatic carbocycles. The van der Waals surface area contributed by atoms with Crippen LogP contribution in [0.3, 0.4) is 0 Å². The van der Waals surface area contributed by atoms with Crippen LogP contribution in [-0.2, 0) is 9.53 Å². The highest BCUT2D eigenvalue weighted by atomic mass is 16.5. The second kappa shape index (κ2) is 4.98. The van der Waals surface area contributed by atoms with Gasteiger partial charge in [-0.15, -0.1) is 0 Å². The Morgan fingerprint density at radius 1 is 1.24 bits per heavy atom. The Balaban J connectivity index is 1.62. The van der Waals surface area contributed by atoms with Crippen molar-refractivity contribution in [3.8, 4) is 0 Å². The molecule has 0 unspecified atom stereocenters. The lowest BCUT2D eigenvalue weighted by atomic mass is 9.39. The van der Waals surface area contributed by atoms with Crippen LogP contribution >= 0.6 is 0 Å². The number of rotatable bonds is 1. The zero-order valence-corrected chi connectivity index (χ0v) is 15.7. The molecule has 1 aliphatic heterocycles. The quantitative estimate of drug-likeness (QED) is 0.518. The van der Waals surface area contributed by atoms with Crippen LogP contribution < -0.4 is 0 Å². The van der Waals surface area contributed by atoms with Gasteiger partial charge in [0.2, 0.25) is 0 Å². The van der Waals surface area contributed by atoms with Crippen LogP contribution in [0.2, 0.25) is 0 Å². The summed E-state index contributed by atoms with van der Waals surface area (Å²) >= 11 is 0. The van der Waals surface area contributed by atoms with Crippen molar-refractivity contribution >= 4 is 12.2 Å². The lowest BCUT2D eigenvalue weighted by molar-refractivity contribution is -0.172. The normalized spacial score (nSPS) is 53.1. The van der Waals surface area contributed by atoms with Crippen molar-refractivity contribution in [3.05, 3.63) is 12.2 Å². The molecule has 4 fully saturated rings. The summed E-state index contributed by atoms with van der Waals surface area (Å²) < 4.78 is 5.95. The van der Waals surface area contributed by atoms with E-state index >= 15 is 0 Å². The van der Waals surface area contributed by atoms with Gasteiger partial charge in [-0.05, 0) is 73.7 Å². The first-order chi connectivity index (χ1) is 11.9. The predicted octanol–water partition coefficient (Wildman–Crippen LogP) is 4.56. The molecule has 7 atom stereocenters. The van der Waals surface area contributed by atoms with Gasteiger partial charge in [-0.1, -0.05) is 19.9 Å². The monoisotopic (exact) mass is 341 g/mol. The Bertz CT molecular complexity index is 669. The van der Waals surface area contributed by atoms with Gasteiger partial charge in [0.25, 0.3) is 0 Å². The number of nitrogens with zero attached hydrogens (tertiary/aromatic N) is 1. The average Bonchev–Trinajstić information content (AvgIpc) is 2.74. The van der Waals surface area contributed by atoms with Gasteiger partial charge in [0, 0.05) is 30.5 Å². The number of carbonyl (C=O) groups excluding carboxylic acids is 1. The maximum Gasteiger partial charge on any atom is 0.303 e. The summed E-state index contributed by atoms with van der Waals surface area (Å²) in [4.78, 5) is 16.8. The Hall–Kier alpha value is -1.12. The van der Waals surface area contributed by atoms with Crippen LogP contribution in [0.1, 0.15) is 65.2 Å². The molecule has 0 aromatic heterocycles. The number of ether oxygens (including phenoxy) is 1. The van der Waals surface area contributed by atoms with E-state index in [0.717, 1.165) is 12.5 Å². The smallest absolute Gasteiger partial charge is 0.303 e. The second-order valence-corrected chi connectivity index (χ2v) is 10.0. The van der Waals surface area contributed by atoms with Gasteiger partial charge in [0.05, 0.1) is 0 Å². The van der Waals surface area contributed by atoms with Crippen LogP contribution in [0.15, 0.2) is 17.1 Å². The molecular formula is C22H31NO2. The van der Waals surface area contributed by atoms with Crippen molar-refractivity contribution in [3.63, 3.8) is 0 Å². The summed E-state index contributed by atoms with van der Waals surface area (Å²) in [5.74, 6) is 1.80. The molecule has 4 bridgehead atoms. The van der Waals surface area contributed by atoms with Gasteiger partial charge >= 0.3 is 5.97 Å². The molecule has 25 heavy (non-hydrogen) atoms. The first kappa shape index (κ1) is 16.1. The molecule has 136 valence electrons. The van der Waals surface area contributed by atoms with Crippen LogP contribution in [0.4, 0.5) is 0 Å².